The maximum Gasteiger partial charge on any atom is 0.419 e. The van der Waals surface area contributed by atoms with Crippen LogP contribution in [0.5, 0.6) is 0 Å². The average molecular weight is 446 g/mol. The molecule has 4 rings (SSSR count). The summed E-state index contributed by atoms with van der Waals surface area (Å²) >= 11 is 5.93. The standard InChI is InChI=1S/C22H21ClFN3O4/c23-15-6-7-18-19(14-15)31-22(30)27(18)11-8-20(28)25-9-3-10-26(13-12-25)21(29)16-4-1-2-5-17(16)24/h1-2,4-7,14H,3,8-13H2. The van der Waals surface area contributed by atoms with Gasteiger partial charge in [0.1, 0.15) is 5.82 Å². The summed E-state index contributed by atoms with van der Waals surface area (Å²) in [6.45, 7) is 1.81. The van der Waals surface area contributed by atoms with Crippen LogP contribution in [0.2, 0.25) is 5.02 Å². The van der Waals surface area contributed by atoms with Crippen LogP contribution in [-0.4, -0.2) is 52.4 Å². The van der Waals surface area contributed by atoms with Crippen LogP contribution in [0.15, 0.2) is 51.7 Å². The van der Waals surface area contributed by atoms with E-state index in [1.165, 1.54) is 22.8 Å². The lowest BCUT2D eigenvalue weighted by molar-refractivity contribution is -0.131. The highest BCUT2D eigenvalue weighted by molar-refractivity contribution is 6.31. The number of carbonyl (C=O) groups is 2. The van der Waals surface area contributed by atoms with Crippen molar-refractivity contribution in [3.63, 3.8) is 0 Å². The Balaban J connectivity index is 1.38. The number of oxazole rings is 1. The van der Waals surface area contributed by atoms with Crippen LogP contribution >= 0.6 is 11.6 Å². The van der Waals surface area contributed by atoms with Gasteiger partial charge in [0, 0.05) is 50.2 Å². The number of amides is 2. The van der Waals surface area contributed by atoms with Gasteiger partial charge in [-0.1, -0.05) is 23.7 Å². The Bertz CT molecular complexity index is 1190. The molecule has 1 fully saturated rings. The number of benzene rings is 2. The number of aryl methyl sites for hydroxylation is 1. The summed E-state index contributed by atoms with van der Waals surface area (Å²) in [4.78, 5) is 40.8. The maximum atomic E-state index is 13.9. The number of halogens is 2. The smallest absolute Gasteiger partial charge is 0.408 e. The molecule has 1 saturated heterocycles. The fraction of sp³-hybridized carbons (Fsp3) is 0.318. The van der Waals surface area contributed by atoms with E-state index in [4.69, 9.17) is 16.0 Å². The van der Waals surface area contributed by atoms with E-state index in [2.05, 4.69) is 0 Å². The Morgan fingerprint density at radius 2 is 1.77 bits per heavy atom. The Kier molecular flexibility index (Phi) is 6.08. The molecule has 0 bridgehead atoms. The van der Waals surface area contributed by atoms with Gasteiger partial charge in [-0.05, 0) is 30.7 Å². The van der Waals surface area contributed by atoms with Crippen LogP contribution in [0.25, 0.3) is 11.1 Å². The summed E-state index contributed by atoms with van der Waals surface area (Å²) in [6.07, 6.45) is 0.720. The van der Waals surface area contributed by atoms with E-state index < -0.39 is 11.6 Å². The van der Waals surface area contributed by atoms with Crippen molar-refractivity contribution >= 4 is 34.5 Å². The molecule has 0 spiro atoms. The first kappa shape index (κ1) is 21.1. The molecule has 0 radical (unpaired) electrons. The summed E-state index contributed by atoms with van der Waals surface area (Å²) in [6, 6.07) is 10.8. The highest BCUT2D eigenvalue weighted by atomic mass is 35.5. The molecule has 2 aromatic carbocycles. The van der Waals surface area contributed by atoms with E-state index in [0.29, 0.717) is 48.7 Å². The van der Waals surface area contributed by atoms with E-state index in [9.17, 15) is 18.8 Å². The predicted molar refractivity (Wildman–Crippen MR) is 114 cm³/mol. The Hall–Kier alpha value is -3.13. The molecule has 0 unspecified atom stereocenters. The van der Waals surface area contributed by atoms with Crippen LogP contribution in [0.3, 0.4) is 0 Å². The normalized spacial score (nSPS) is 14.6. The first-order valence-electron chi connectivity index (χ1n) is 10.0. The largest absolute Gasteiger partial charge is 0.419 e. The molecule has 0 N–H and O–H groups in total. The monoisotopic (exact) mass is 445 g/mol. The number of fused-ring (bicyclic) bond motifs is 1. The molecule has 31 heavy (non-hydrogen) atoms. The summed E-state index contributed by atoms with van der Waals surface area (Å²) in [5, 5.41) is 0.462. The fourth-order valence-electron chi connectivity index (χ4n) is 3.79. The number of aromatic nitrogens is 1. The number of carbonyl (C=O) groups excluding carboxylic acids is 2. The third-order valence-corrected chi connectivity index (χ3v) is 5.65. The van der Waals surface area contributed by atoms with Crippen molar-refractivity contribution in [2.24, 2.45) is 0 Å². The molecular formula is C22H21ClFN3O4. The molecule has 0 aliphatic carbocycles. The summed E-state index contributed by atoms with van der Waals surface area (Å²) in [7, 11) is 0. The van der Waals surface area contributed by atoms with E-state index in [1.807, 2.05) is 0 Å². The summed E-state index contributed by atoms with van der Waals surface area (Å²) < 4.78 is 20.6. The molecule has 162 valence electrons. The Morgan fingerprint density at radius 3 is 2.58 bits per heavy atom. The molecule has 0 atom stereocenters. The van der Waals surface area contributed by atoms with Gasteiger partial charge < -0.3 is 14.2 Å². The molecule has 2 amide bonds. The van der Waals surface area contributed by atoms with Gasteiger partial charge in [-0.15, -0.1) is 0 Å². The second kappa shape index (κ2) is 8.93. The van der Waals surface area contributed by atoms with Crippen molar-refractivity contribution < 1.29 is 18.4 Å². The second-order valence-electron chi connectivity index (χ2n) is 7.39. The van der Waals surface area contributed by atoms with Gasteiger partial charge in [0.05, 0.1) is 11.1 Å². The van der Waals surface area contributed by atoms with E-state index in [0.717, 1.165) is 0 Å². The Morgan fingerprint density at radius 1 is 1.03 bits per heavy atom. The lowest BCUT2D eigenvalue weighted by Crippen LogP contribution is -2.38. The molecule has 1 aliphatic heterocycles. The van der Waals surface area contributed by atoms with Crippen molar-refractivity contribution in [3.05, 3.63) is 69.4 Å². The molecule has 7 nitrogen and oxygen atoms in total. The lowest BCUT2D eigenvalue weighted by atomic mass is 10.2. The molecular weight excluding hydrogens is 425 g/mol. The minimum absolute atomic E-state index is 0.0357. The highest BCUT2D eigenvalue weighted by Crippen LogP contribution is 2.19. The second-order valence-corrected chi connectivity index (χ2v) is 7.82. The van der Waals surface area contributed by atoms with Gasteiger partial charge >= 0.3 is 5.76 Å². The molecule has 0 saturated carbocycles. The predicted octanol–water partition coefficient (Wildman–Crippen LogP) is 3.15. The molecule has 3 aromatic rings. The third kappa shape index (κ3) is 4.49. The topological polar surface area (TPSA) is 75.8 Å². The third-order valence-electron chi connectivity index (χ3n) is 5.42. The van der Waals surface area contributed by atoms with Gasteiger partial charge in [0.15, 0.2) is 5.58 Å². The van der Waals surface area contributed by atoms with Gasteiger partial charge in [0.2, 0.25) is 5.91 Å². The summed E-state index contributed by atoms with van der Waals surface area (Å²) in [5.41, 5.74) is 0.996. The van der Waals surface area contributed by atoms with Crippen molar-refractivity contribution in [2.45, 2.75) is 19.4 Å². The Labute approximate surface area is 182 Å². The van der Waals surface area contributed by atoms with Crippen LogP contribution < -0.4 is 5.76 Å². The van der Waals surface area contributed by atoms with Gasteiger partial charge in [-0.3, -0.25) is 14.2 Å². The number of hydrogen-bond acceptors (Lipinski definition) is 4. The van der Waals surface area contributed by atoms with E-state index in [-0.39, 0.29) is 30.3 Å². The minimum Gasteiger partial charge on any atom is -0.408 e. The molecule has 1 aliphatic rings. The number of hydrogen-bond donors (Lipinski definition) is 0. The van der Waals surface area contributed by atoms with E-state index >= 15 is 0 Å². The molecule has 1 aromatic heterocycles. The molecule has 9 heteroatoms. The van der Waals surface area contributed by atoms with Crippen molar-refractivity contribution in [1.29, 1.82) is 0 Å². The van der Waals surface area contributed by atoms with Crippen LogP contribution in [0.4, 0.5) is 4.39 Å². The van der Waals surface area contributed by atoms with Gasteiger partial charge in [-0.25, -0.2) is 9.18 Å². The zero-order valence-corrected chi connectivity index (χ0v) is 17.5. The molecule has 2 heterocycles. The summed E-state index contributed by atoms with van der Waals surface area (Å²) in [5.74, 6) is -1.58. The van der Waals surface area contributed by atoms with Crippen molar-refractivity contribution in [3.8, 4) is 0 Å². The van der Waals surface area contributed by atoms with Crippen LogP contribution in [-0.2, 0) is 11.3 Å². The maximum absolute atomic E-state index is 13.9. The lowest BCUT2D eigenvalue weighted by Gasteiger charge is -2.22. The quantitative estimate of drug-likeness (QED) is 0.618. The number of rotatable bonds is 4. The zero-order valence-electron chi connectivity index (χ0n) is 16.7. The van der Waals surface area contributed by atoms with Crippen molar-refractivity contribution in [2.75, 3.05) is 26.2 Å². The van der Waals surface area contributed by atoms with Gasteiger partial charge in [0.25, 0.3) is 5.91 Å². The van der Waals surface area contributed by atoms with E-state index in [1.54, 1.807) is 34.1 Å². The number of nitrogens with zero attached hydrogens (tertiary/aromatic N) is 3. The van der Waals surface area contributed by atoms with Crippen LogP contribution in [0.1, 0.15) is 23.2 Å². The van der Waals surface area contributed by atoms with Crippen molar-refractivity contribution in [1.82, 2.24) is 14.4 Å². The van der Waals surface area contributed by atoms with Gasteiger partial charge in [-0.2, -0.15) is 0 Å². The average Bonchev–Trinajstić information content (AvgIpc) is 2.91. The first-order chi connectivity index (χ1) is 14.9. The SMILES string of the molecule is O=C(CCn1c(=O)oc2cc(Cl)ccc21)N1CCCN(C(=O)c2ccccc2F)CC1. The fourth-order valence-corrected chi connectivity index (χ4v) is 3.95. The first-order valence-corrected chi connectivity index (χ1v) is 10.4. The zero-order chi connectivity index (χ0) is 22.0. The highest BCUT2D eigenvalue weighted by Gasteiger charge is 2.24. The van der Waals surface area contributed by atoms with Crippen LogP contribution in [0, 0.1) is 5.82 Å². The minimum atomic E-state index is -0.552.